The third-order valence-electron chi connectivity index (χ3n) is 4.13. The Morgan fingerprint density at radius 2 is 1.85 bits per heavy atom. The first kappa shape index (κ1) is 17.9. The molecular weight excluding hydrogens is 330 g/mol. The van der Waals surface area contributed by atoms with Gasteiger partial charge in [-0.15, -0.1) is 0 Å². The van der Waals surface area contributed by atoms with E-state index in [0.29, 0.717) is 25.2 Å². The molecule has 1 amide bonds. The molecular formula is C21H21NO4. The number of rotatable bonds is 7. The van der Waals surface area contributed by atoms with Crippen LogP contribution in [0.25, 0.3) is 11.0 Å². The lowest BCUT2D eigenvalue weighted by atomic mass is 10.1. The van der Waals surface area contributed by atoms with Crippen LogP contribution in [0.2, 0.25) is 0 Å². The molecule has 0 bridgehead atoms. The molecule has 0 aliphatic heterocycles. The van der Waals surface area contributed by atoms with Gasteiger partial charge in [-0.2, -0.15) is 0 Å². The Kier molecular flexibility index (Phi) is 5.81. The molecule has 0 saturated heterocycles. The molecule has 2 aromatic carbocycles. The number of nitrogens with one attached hydrogen (secondary N) is 1. The fraction of sp³-hybridized carbons (Fsp3) is 0.238. The second-order valence-electron chi connectivity index (χ2n) is 6.02. The molecule has 1 atom stereocenters. The van der Waals surface area contributed by atoms with Gasteiger partial charge in [0.25, 0.3) is 5.91 Å². The number of para-hydroxylation sites is 1. The number of hydrogen-bond acceptors (Lipinski definition) is 4. The summed E-state index contributed by atoms with van der Waals surface area (Å²) in [5.41, 5.74) is 0.972. The molecule has 0 aliphatic carbocycles. The molecule has 3 aromatic rings. The van der Waals surface area contributed by atoms with Crippen LogP contribution in [0.15, 0.2) is 69.9 Å². The number of ether oxygens (including phenoxy) is 1. The summed E-state index contributed by atoms with van der Waals surface area (Å²) < 4.78 is 10.9. The highest BCUT2D eigenvalue weighted by molar-refractivity contribution is 5.96. The molecule has 26 heavy (non-hydrogen) atoms. The van der Waals surface area contributed by atoms with Gasteiger partial charge in [0.05, 0.1) is 6.10 Å². The number of hydrogen-bond donors (Lipinski definition) is 1. The highest BCUT2D eigenvalue weighted by atomic mass is 16.5. The lowest BCUT2D eigenvalue weighted by Gasteiger charge is -2.13. The molecule has 0 spiro atoms. The summed E-state index contributed by atoms with van der Waals surface area (Å²) in [7, 11) is 0. The van der Waals surface area contributed by atoms with E-state index in [-0.39, 0.29) is 11.7 Å². The fourth-order valence-electron chi connectivity index (χ4n) is 2.67. The van der Waals surface area contributed by atoms with E-state index in [2.05, 4.69) is 5.32 Å². The molecule has 5 nitrogen and oxygen atoms in total. The van der Waals surface area contributed by atoms with Crippen molar-refractivity contribution < 1.29 is 13.9 Å². The van der Waals surface area contributed by atoms with Crippen molar-refractivity contribution in [2.24, 2.45) is 0 Å². The van der Waals surface area contributed by atoms with Crippen LogP contribution in [-0.4, -0.2) is 19.1 Å². The number of fused-ring (bicyclic) bond motifs is 1. The predicted octanol–water partition coefficient (Wildman–Crippen LogP) is 3.69. The Labute approximate surface area is 151 Å². The van der Waals surface area contributed by atoms with Crippen LogP contribution in [0.4, 0.5) is 0 Å². The van der Waals surface area contributed by atoms with Gasteiger partial charge in [-0.3, -0.25) is 4.79 Å². The average molecular weight is 351 g/mol. The molecule has 0 saturated carbocycles. The van der Waals surface area contributed by atoms with Gasteiger partial charge in [-0.05, 0) is 31.0 Å². The van der Waals surface area contributed by atoms with E-state index < -0.39 is 11.5 Å². The molecule has 0 unspecified atom stereocenters. The van der Waals surface area contributed by atoms with Crippen molar-refractivity contribution in [2.45, 2.75) is 19.4 Å². The van der Waals surface area contributed by atoms with E-state index in [4.69, 9.17) is 9.15 Å². The van der Waals surface area contributed by atoms with Gasteiger partial charge >= 0.3 is 5.63 Å². The minimum atomic E-state index is -0.629. The predicted molar refractivity (Wildman–Crippen MR) is 100 cm³/mol. The second kappa shape index (κ2) is 8.45. The van der Waals surface area contributed by atoms with Crippen molar-refractivity contribution in [1.29, 1.82) is 0 Å². The van der Waals surface area contributed by atoms with Crippen LogP contribution >= 0.6 is 0 Å². The molecule has 0 fully saturated rings. The van der Waals surface area contributed by atoms with Gasteiger partial charge in [-0.25, -0.2) is 4.79 Å². The molecule has 1 aromatic heterocycles. The first-order chi connectivity index (χ1) is 12.6. The van der Waals surface area contributed by atoms with Crippen molar-refractivity contribution >= 4 is 16.9 Å². The standard InChI is InChI=1S/C21H21NO4/c1-15(16-8-3-2-4-9-16)25-13-7-12-22-20(23)18-14-17-10-5-6-11-19(17)26-21(18)24/h2-6,8-11,14-15H,7,12-13H2,1H3,(H,22,23)/t15-/m1/s1. The van der Waals surface area contributed by atoms with Crippen molar-refractivity contribution in [2.75, 3.05) is 13.2 Å². The number of amides is 1. The highest BCUT2D eigenvalue weighted by Gasteiger charge is 2.13. The third-order valence-corrected chi connectivity index (χ3v) is 4.13. The zero-order valence-corrected chi connectivity index (χ0v) is 14.6. The maximum Gasteiger partial charge on any atom is 0.349 e. The molecule has 1 heterocycles. The van der Waals surface area contributed by atoms with E-state index >= 15 is 0 Å². The molecule has 5 heteroatoms. The fourth-order valence-corrected chi connectivity index (χ4v) is 2.67. The monoisotopic (exact) mass is 351 g/mol. The Morgan fingerprint density at radius 1 is 1.12 bits per heavy atom. The minimum Gasteiger partial charge on any atom is -0.422 e. The Morgan fingerprint density at radius 3 is 2.65 bits per heavy atom. The van der Waals surface area contributed by atoms with E-state index in [0.717, 1.165) is 10.9 Å². The van der Waals surface area contributed by atoms with Crippen LogP contribution in [0.5, 0.6) is 0 Å². The van der Waals surface area contributed by atoms with Gasteiger partial charge in [-0.1, -0.05) is 48.5 Å². The summed E-state index contributed by atoms with van der Waals surface area (Å²) >= 11 is 0. The van der Waals surface area contributed by atoms with Crippen LogP contribution in [0.3, 0.4) is 0 Å². The summed E-state index contributed by atoms with van der Waals surface area (Å²) in [5.74, 6) is -0.430. The van der Waals surface area contributed by atoms with Gasteiger partial charge in [0.1, 0.15) is 11.1 Å². The summed E-state index contributed by atoms with van der Waals surface area (Å²) in [4.78, 5) is 24.2. The maximum atomic E-state index is 12.2. The smallest absolute Gasteiger partial charge is 0.349 e. The first-order valence-electron chi connectivity index (χ1n) is 8.63. The van der Waals surface area contributed by atoms with Crippen LogP contribution in [0.1, 0.15) is 35.4 Å². The number of carbonyl (C=O) groups is 1. The van der Waals surface area contributed by atoms with E-state index in [1.165, 1.54) is 0 Å². The number of carbonyl (C=O) groups excluding carboxylic acids is 1. The second-order valence-corrected chi connectivity index (χ2v) is 6.02. The van der Waals surface area contributed by atoms with E-state index in [1.54, 1.807) is 24.3 Å². The lowest BCUT2D eigenvalue weighted by Crippen LogP contribution is -2.29. The summed E-state index contributed by atoms with van der Waals surface area (Å²) in [5, 5.41) is 3.46. The first-order valence-corrected chi connectivity index (χ1v) is 8.63. The molecule has 134 valence electrons. The highest BCUT2D eigenvalue weighted by Crippen LogP contribution is 2.16. The Balaban J connectivity index is 1.49. The van der Waals surface area contributed by atoms with Crippen molar-refractivity contribution in [3.63, 3.8) is 0 Å². The summed E-state index contributed by atoms with van der Waals surface area (Å²) in [6.45, 7) is 2.93. The van der Waals surface area contributed by atoms with Crippen LogP contribution in [0, 0.1) is 0 Å². The maximum absolute atomic E-state index is 12.2. The van der Waals surface area contributed by atoms with Gasteiger partial charge in [0, 0.05) is 18.5 Å². The third kappa shape index (κ3) is 4.37. The van der Waals surface area contributed by atoms with Crippen molar-refractivity contribution in [3.05, 3.63) is 82.2 Å². The van der Waals surface area contributed by atoms with Gasteiger partial charge in [0.15, 0.2) is 0 Å². The van der Waals surface area contributed by atoms with Crippen LogP contribution in [-0.2, 0) is 4.74 Å². The lowest BCUT2D eigenvalue weighted by molar-refractivity contribution is 0.0634. The largest absolute Gasteiger partial charge is 0.422 e. The van der Waals surface area contributed by atoms with Crippen molar-refractivity contribution in [1.82, 2.24) is 5.32 Å². The minimum absolute atomic E-state index is 0.000524. The summed E-state index contributed by atoms with van der Waals surface area (Å²) in [6.07, 6.45) is 0.654. The van der Waals surface area contributed by atoms with Crippen LogP contribution < -0.4 is 10.9 Å². The van der Waals surface area contributed by atoms with E-state index in [9.17, 15) is 9.59 Å². The molecule has 1 N–H and O–H groups in total. The summed E-state index contributed by atoms with van der Waals surface area (Å²) in [6, 6.07) is 18.6. The average Bonchev–Trinajstić information content (AvgIpc) is 2.67. The Hall–Kier alpha value is -2.92. The topological polar surface area (TPSA) is 68.5 Å². The normalized spacial score (nSPS) is 12.0. The molecule has 3 rings (SSSR count). The van der Waals surface area contributed by atoms with E-state index in [1.807, 2.05) is 43.3 Å². The zero-order valence-electron chi connectivity index (χ0n) is 14.6. The van der Waals surface area contributed by atoms with Gasteiger partial charge in [0.2, 0.25) is 0 Å². The SMILES string of the molecule is C[C@@H](OCCCNC(=O)c1cc2ccccc2oc1=O)c1ccccc1. The zero-order chi connectivity index (χ0) is 18.4. The Bertz CT molecular complexity index is 933. The van der Waals surface area contributed by atoms with Crippen molar-refractivity contribution in [3.8, 4) is 0 Å². The van der Waals surface area contributed by atoms with Gasteiger partial charge < -0.3 is 14.5 Å². The number of benzene rings is 2. The molecule has 0 aliphatic rings. The molecule has 0 radical (unpaired) electrons. The quantitative estimate of drug-likeness (QED) is 0.521.